The van der Waals surface area contributed by atoms with Crippen LogP contribution in [0, 0.1) is 6.92 Å². The van der Waals surface area contributed by atoms with Gasteiger partial charge in [0.05, 0.1) is 11.1 Å². The molecule has 2 heterocycles. The van der Waals surface area contributed by atoms with Crippen LogP contribution in [0.3, 0.4) is 0 Å². The molecule has 0 saturated carbocycles. The van der Waals surface area contributed by atoms with Crippen molar-refractivity contribution in [2.75, 3.05) is 0 Å². The summed E-state index contributed by atoms with van der Waals surface area (Å²) in [6, 6.07) is 17.0. The fourth-order valence-corrected chi connectivity index (χ4v) is 4.00. The van der Waals surface area contributed by atoms with E-state index in [4.69, 9.17) is 0 Å². The van der Waals surface area contributed by atoms with E-state index >= 15 is 0 Å². The van der Waals surface area contributed by atoms with Gasteiger partial charge in [0.2, 0.25) is 5.52 Å². The van der Waals surface area contributed by atoms with Gasteiger partial charge in [0.15, 0.2) is 0 Å². The van der Waals surface area contributed by atoms with Crippen LogP contribution in [0.4, 0.5) is 0 Å². The molecule has 0 N–H and O–H groups in total. The van der Waals surface area contributed by atoms with Crippen molar-refractivity contribution in [3.05, 3.63) is 60.3 Å². The number of fused-ring (bicyclic) bond motifs is 2. The molecule has 0 fully saturated rings. The molecule has 21 heavy (non-hydrogen) atoms. The van der Waals surface area contributed by atoms with Crippen molar-refractivity contribution in [1.29, 1.82) is 0 Å². The molecule has 2 nitrogen and oxygen atoms in total. The number of hydrogen-bond donors (Lipinski definition) is 0. The van der Waals surface area contributed by atoms with Gasteiger partial charge in [-0.05, 0) is 30.7 Å². The van der Waals surface area contributed by atoms with Crippen LogP contribution in [0.25, 0.3) is 31.7 Å². The Morgan fingerprint density at radius 2 is 1.86 bits per heavy atom. The number of hydrogen-bond acceptors (Lipinski definition) is 2. The summed E-state index contributed by atoms with van der Waals surface area (Å²) < 4.78 is 3.57. The summed E-state index contributed by atoms with van der Waals surface area (Å²) in [5.41, 5.74) is 4.83. The Morgan fingerprint density at radius 3 is 2.71 bits per heavy atom. The van der Waals surface area contributed by atoms with Crippen LogP contribution >= 0.6 is 11.3 Å². The Morgan fingerprint density at radius 1 is 1.00 bits per heavy atom. The van der Waals surface area contributed by atoms with E-state index < -0.39 is 0 Å². The molecule has 4 rings (SSSR count). The van der Waals surface area contributed by atoms with Crippen molar-refractivity contribution in [3.8, 4) is 10.6 Å². The van der Waals surface area contributed by atoms with Crippen molar-refractivity contribution < 1.29 is 4.57 Å². The molecule has 3 heteroatoms. The largest absolute Gasteiger partial charge is 0.272 e. The third kappa shape index (κ3) is 1.85. The predicted octanol–water partition coefficient (Wildman–Crippen LogP) is 4.25. The van der Waals surface area contributed by atoms with Crippen molar-refractivity contribution in [3.63, 3.8) is 0 Å². The zero-order valence-corrected chi connectivity index (χ0v) is 12.8. The minimum Gasteiger partial charge on any atom is -0.255 e. The molecule has 2 aromatic heterocycles. The highest BCUT2D eigenvalue weighted by Gasteiger charge is 2.20. The lowest BCUT2D eigenvalue weighted by molar-refractivity contribution is -0.629. The summed E-state index contributed by atoms with van der Waals surface area (Å²) in [6.07, 6.45) is 1.90. The highest BCUT2D eigenvalue weighted by molar-refractivity contribution is 7.21. The lowest BCUT2D eigenvalue weighted by Gasteiger charge is -2.04. The highest BCUT2D eigenvalue weighted by atomic mass is 32.1. The van der Waals surface area contributed by atoms with Crippen LogP contribution in [-0.2, 0) is 7.05 Å². The highest BCUT2D eigenvalue weighted by Crippen LogP contribution is 2.32. The molecule has 4 aromatic rings. The van der Waals surface area contributed by atoms with Crippen LogP contribution in [0.2, 0.25) is 0 Å². The van der Waals surface area contributed by atoms with Crippen LogP contribution < -0.4 is 4.57 Å². The van der Waals surface area contributed by atoms with E-state index in [-0.39, 0.29) is 0 Å². The average Bonchev–Trinajstić information content (AvgIpc) is 2.85. The second-order valence-electron chi connectivity index (χ2n) is 5.26. The number of nitrogens with zero attached hydrogens (tertiary/aromatic N) is 2. The first-order chi connectivity index (χ1) is 10.3. The lowest BCUT2D eigenvalue weighted by atomic mass is 10.1. The molecule has 0 aliphatic rings. The van der Waals surface area contributed by atoms with Gasteiger partial charge in [-0.2, -0.15) is 4.57 Å². The van der Waals surface area contributed by atoms with Crippen molar-refractivity contribution in [2.24, 2.45) is 7.05 Å². The maximum Gasteiger partial charge on any atom is 0.272 e. The molecule has 0 bridgehead atoms. The van der Waals surface area contributed by atoms with Gasteiger partial charge < -0.3 is 0 Å². The summed E-state index contributed by atoms with van der Waals surface area (Å²) in [4.78, 5) is 4.62. The molecule has 0 aliphatic carbocycles. The first-order valence-electron chi connectivity index (χ1n) is 6.98. The number of pyridine rings is 1. The minimum atomic E-state index is 1.08. The van der Waals surface area contributed by atoms with E-state index in [1.165, 1.54) is 31.7 Å². The monoisotopic (exact) mass is 291 g/mol. The average molecular weight is 291 g/mol. The van der Waals surface area contributed by atoms with Gasteiger partial charge in [-0.1, -0.05) is 35.6 Å². The van der Waals surface area contributed by atoms with Crippen LogP contribution in [-0.4, -0.2) is 4.98 Å². The molecule has 0 radical (unpaired) electrons. The van der Waals surface area contributed by atoms with E-state index in [0.717, 1.165) is 5.52 Å². The van der Waals surface area contributed by atoms with Gasteiger partial charge in [0.25, 0.3) is 5.01 Å². The number of aromatic nitrogens is 2. The van der Waals surface area contributed by atoms with Crippen molar-refractivity contribution in [2.45, 2.75) is 6.92 Å². The molecular formula is C18H15N2S+. The number of aryl methyl sites for hydroxylation is 2. The molecule has 0 spiro atoms. The quantitative estimate of drug-likeness (QED) is 0.479. The predicted molar refractivity (Wildman–Crippen MR) is 88.5 cm³/mol. The maximum absolute atomic E-state index is 4.62. The molecule has 0 atom stereocenters. The normalized spacial score (nSPS) is 11.3. The smallest absolute Gasteiger partial charge is 0.255 e. The fraction of sp³-hybridized carbons (Fsp3) is 0.111. The molecule has 0 amide bonds. The van der Waals surface area contributed by atoms with Gasteiger partial charge in [0.1, 0.15) is 11.7 Å². The van der Waals surface area contributed by atoms with E-state index in [0.29, 0.717) is 0 Å². The SMILES string of the molecule is Cc1ccnc2c(-c3sc4ccccc4[n+]3C)cccc12. The second-order valence-corrected chi connectivity index (χ2v) is 6.29. The fourth-order valence-electron chi connectivity index (χ4n) is 2.83. The summed E-state index contributed by atoms with van der Waals surface area (Å²) in [6.45, 7) is 2.14. The van der Waals surface area contributed by atoms with Gasteiger partial charge >= 0.3 is 0 Å². The molecule has 0 aliphatic heterocycles. The third-order valence-corrected chi connectivity index (χ3v) is 5.21. The summed E-state index contributed by atoms with van der Waals surface area (Å²) in [5.74, 6) is 0. The van der Waals surface area contributed by atoms with Gasteiger partial charge in [-0.3, -0.25) is 4.98 Å². The molecule has 2 aromatic carbocycles. The number of benzene rings is 2. The van der Waals surface area contributed by atoms with E-state index in [9.17, 15) is 0 Å². The Labute approximate surface area is 127 Å². The standard InChI is InChI=1S/C18H15N2S/c1-12-10-11-19-17-13(12)6-5-7-14(17)18-20(2)15-8-3-4-9-16(15)21-18/h3-11H,1-2H3/q+1. The Kier molecular flexibility index (Phi) is 2.76. The van der Waals surface area contributed by atoms with Crippen LogP contribution in [0.15, 0.2) is 54.7 Å². The number of para-hydroxylation sites is 2. The van der Waals surface area contributed by atoms with Gasteiger partial charge in [-0.15, -0.1) is 0 Å². The Balaban J connectivity index is 2.09. The first-order valence-corrected chi connectivity index (χ1v) is 7.79. The maximum atomic E-state index is 4.62. The van der Waals surface area contributed by atoms with E-state index in [2.05, 4.69) is 72.1 Å². The van der Waals surface area contributed by atoms with Gasteiger partial charge in [0, 0.05) is 17.6 Å². The zero-order chi connectivity index (χ0) is 14.4. The second kappa shape index (κ2) is 4.64. The van der Waals surface area contributed by atoms with Gasteiger partial charge in [-0.25, -0.2) is 0 Å². The Hall–Kier alpha value is -2.26. The molecule has 0 saturated heterocycles. The summed E-state index contributed by atoms with van der Waals surface area (Å²) in [7, 11) is 2.13. The zero-order valence-electron chi connectivity index (χ0n) is 12.0. The Bertz CT molecular complexity index is 969. The molecular weight excluding hydrogens is 276 g/mol. The van der Waals surface area contributed by atoms with E-state index in [1.54, 1.807) is 0 Å². The summed E-state index contributed by atoms with van der Waals surface area (Å²) >= 11 is 1.82. The molecule has 102 valence electrons. The lowest BCUT2D eigenvalue weighted by Crippen LogP contribution is -2.28. The van der Waals surface area contributed by atoms with Crippen LogP contribution in [0.5, 0.6) is 0 Å². The molecule has 0 unspecified atom stereocenters. The first kappa shape index (κ1) is 12.5. The van der Waals surface area contributed by atoms with Crippen molar-refractivity contribution >= 4 is 32.5 Å². The minimum absolute atomic E-state index is 1.08. The van der Waals surface area contributed by atoms with Crippen LogP contribution in [0.1, 0.15) is 5.56 Å². The third-order valence-electron chi connectivity index (χ3n) is 3.96. The summed E-state index contributed by atoms with van der Waals surface area (Å²) in [5, 5.41) is 2.48. The number of rotatable bonds is 1. The van der Waals surface area contributed by atoms with E-state index in [1.807, 2.05) is 17.5 Å². The topological polar surface area (TPSA) is 16.8 Å². The number of thiazole rings is 1. The van der Waals surface area contributed by atoms with Crippen molar-refractivity contribution in [1.82, 2.24) is 4.98 Å².